The Balaban J connectivity index is 1.00. The van der Waals surface area contributed by atoms with Crippen molar-refractivity contribution in [1.29, 1.82) is 0 Å². The van der Waals surface area contributed by atoms with Crippen molar-refractivity contribution >= 4 is 72.2 Å². The number of nitrogens with zero attached hydrogens (tertiary/aromatic N) is 1. The van der Waals surface area contributed by atoms with Crippen LogP contribution in [-0.2, 0) is 0 Å². The lowest BCUT2D eigenvalue weighted by Crippen LogP contribution is -2.28. The van der Waals surface area contributed by atoms with Gasteiger partial charge in [-0.15, -0.1) is 0 Å². The molecule has 282 valence electrons. The first-order valence-electron chi connectivity index (χ1n) is 20.1. The maximum atomic E-state index is 6.45. The van der Waals surface area contributed by atoms with Gasteiger partial charge in [0.05, 0.1) is 6.04 Å². The number of allylic oxidation sites excluding steroid dienone is 7. The summed E-state index contributed by atoms with van der Waals surface area (Å²) in [5.41, 5.74) is 9.66. The van der Waals surface area contributed by atoms with Gasteiger partial charge in [-0.05, 0) is 111 Å². The molecule has 9 aromatic rings. The average Bonchev–Trinajstić information content (AvgIpc) is 3.89. The van der Waals surface area contributed by atoms with Crippen LogP contribution >= 0.6 is 0 Å². The normalized spacial score (nSPS) is 14.9. The standard InChI is InChI=1S/C56H41NO2/c1-2-3-20-47(35-39-26-33-55-53(36-39)52-32-29-42-15-5-8-23-51(42)56(52)59-55)57(34-11-10-21-48-38-45-16-6-9-25-54(45)58-48)46-30-27-40(28-31-46)43-18-12-19-44(37-43)50-24-13-17-41-14-4-7-22-49(41)50/h2-30,32-38,46H,1,31H2/b20-3-,21-10-,34-11+,47-35-. The second kappa shape index (κ2) is 15.7. The monoisotopic (exact) mass is 759 g/mol. The number of rotatable bonds is 10. The van der Waals surface area contributed by atoms with Gasteiger partial charge >= 0.3 is 0 Å². The van der Waals surface area contributed by atoms with Crippen LogP contribution in [0.15, 0.2) is 228 Å². The Kier molecular flexibility index (Phi) is 9.54. The highest BCUT2D eigenvalue weighted by molar-refractivity contribution is 6.15. The van der Waals surface area contributed by atoms with E-state index >= 15 is 0 Å². The van der Waals surface area contributed by atoms with Crippen LogP contribution in [0.3, 0.4) is 0 Å². The van der Waals surface area contributed by atoms with Crippen LogP contribution in [0.1, 0.15) is 23.3 Å². The van der Waals surface area contributed by atoms with Gasteiger partial charge in [0.2, 0.25) is 0 Å². The zero-order valence-corrected chi connectivity index (χ0v) is 32.5. The summed E-state index contributed by atoms with van der Waals surface area (Å²) in [6, 6.07) is 53.5. The molecule has 1 atom stereocenters. The van der Waals surface area contributed by atoms with E-state index in [2.05, 4.69) is 188 Å². The summed E-state index contributed by atoms with van der Waals surface area (Å²) in [5.74, 6) is 0.814. The van der Waals surface area contributed by atoms with Crippen LogP contribution in [0.5, 0.6) is 0 Å². The predicted molar refractivity (Wildman–Crippen MR) is 250 cm³/mol. The zero-order chi connectivity index (χ0) is 39.5. The molecule has 3 nitrogen and oxygen atoms in total. The summed E-state index contributed by atoms with van der Waals surface area (Å²) in [4.78, 5) is 2.34. The lowest BCUT2D eigenvalue weighted by Gasteiger charge is -2.31. The van der Waals surface area contributed by atoms with E-state index in [4.69, 9.17) is 8.83 Å². The van der Waals surface area contributed by atoms with Crippen molar-refractivity contribution in [2.45, 2.75) is 12.5 Å². The fourth-order valence-electron chi connectivity index (χ4n) is 8.30. The first-order valence-corrected chi connectivity index (χ1v) is 20.1. The van der Waals surface area contributed by atoms with Crippen molar-refractivity contribution < 1.29 is 8.83 Å². The largest absolute Gasteiger partial charge is 0.457 e. The van der Waals surface area contributed by atoms with Crippen LogP contribution in [0.2, 0.25) is 0 Å². The number of furan rings is 2. The van der Waals surface area contributed by atoms with Crippen LogP contribution in [0, 0.1) is 0 Å². The third-order valence-electron chi connectivity index (χ3n) is 11.2. The van der Waals surface area contributed by atoms with Gasteiger partial charge in [0.1, 0.15) is 22.5 Å². The molecule has 0 saturated heterocycles. The average molecular weight is 760 g/mol. The molecule has 10 rings (SSSR count). The third-order valence-corrected chi connectivity index (χ3v) is 11.2. The molecule has 0 bridgehead atoms. The molecule has 2 aromatic heterocycles. The molecular weight excluding hydrogens is 719 g/mol. The van der Waals surface area contributed by atoms with Crippen LogP contribution < -0.4 is 0 Å². The fourth-order valence-corrected chi connectivity index (χ4v) is 8.30. The first-order chi connectivity index (χ1) is 29.2. The molecular formula is C56H41NO2. The maximum absolute atomic E-state index is 6.45. The molecule has 0 spiro atoms. The van der Waals surface area contributed by atoms with Crippen molar-refractivity contribution in [3.05, 3.63) is 236 Å². The van der Waals surface area contributed by atoms with Crippen LogP contribution in [-0.4, -0.2) is 10.9 Å². The highest BCUT2D eigenvalue weighted by atomic mass is 16.3. The summed E-state index contributed by atoms with van der Waals surface area (Å²) in [6.07, 6.45) is 24.3. The number of fused-ring (bicyclic) bond motifs is 7. The molecule has 1 aliphatic carbocycles. The second-order valence-electron chi connectivity index (χ2n) is 14.9. The van der Waals surface area contributed by atoms with E-state index in [9.17, 15) is 0 Å². The molecule has 0 fully saturated rings. The minimum absolute atomic E-state index is 0.0569. The number of hydrogen-bond donors (Lipinski definition) is 0. The lowest BCUT2D eigenvalue weighted by molar-refractivity contribution is 0.407. The van der Waals surface area contributed by atoms with Crippen molar-refractivity contribution in [3.63, 3.8) is 0 Å². The Labute approximate surface area is 343 Å². The molecule has 1 aliphatic rings. The molecule has 0 amide bonds. The Morgan fingerprint density at radius 3 is 2.24 bits per heavy atom. The molecule has 0 N–H and O–H groups in total. The molecule has 3 heteroatoms. The lowest BCUT2D eigenvalue weighted by atomic mass is 9.92. The maximum Gasteiger partial charge on any atom is 0.143 e. The summed E-state index contributed by atoms with van der Waals surface area (Å²) in [6.45, 7) is 4.01. The Morgan fingerprint density at radius 1 is 0.610 bits per heavy atom. The van der Waals surface area contributed by atoms with E-state index < -0.39 is 0 Å². The fraction of sp³-hybridized carbons (Fsp3) is 0.0357. The quantitative estimate of drug-likeness (QED) is 0.130. The molecule has 59 heavy (non-hydrogen) atoms. The smallest absolute Gasteiger partial charge is 0.143 e. The van der Waals surface area contributed by atoms with Gasteiger partial charge in [0.15, 0.2) is 0 Å². The van der Waals surface area contributed by atoms with Crippen molar-refractivity contribution in [1.82, 2.24) is 4.90 Å². The highest BCUT2D eigenvalue weighted by Gasteiger charge is 2.19. The Hall–Kier alpha value is -7.62. The number of hydrogen-bond acceptors (Lipinski definition) is 3. The van der Waals surface area contributed by atoms with Crippen LogP contribution in [0.25, 0.3) is 83.3 Å². The van der Waals surface area contributed by atoms with Gasteiger partial charge in [0, 0.05) is 33.4 Å². The van der Waals surface area contributed by atoms with Crippen LogP contribution in [0.4, 0.5) is 0 Å². The number of para-hydroxylation sites is 1. The van der Waals surface area contributed by atoms with Crippen molar-refractivity contribution in [2.24, 2.45) is 0 Å². The summed E-state index contributed by atoms with van der Waals surface area (Å²) in [5, 5.41) is 8.10. The summed E-state index contributed by atoms with van der Waals surface area (Å²) < 4.78 is 12.5. The third kappa shape index (κ3) is 7.15. The van der Waals surface area contributed by atoms with Gasteiger partial charge in [-0.1, -0.05) is 158 Å². The molecule has 7 aromatic carbocycles. The van der Waals surface area contributed by atoms with E-state index in [1.165, 1.54) is 38.4 Å². The molecule has 2 heterocycles. The van der Waals surface area contributed by atoms with Gasteiger partial charge in [-0.3, -0.25) is 0 Å². The predicted octanol–water partition coefficient (Wildman–Crippen LogP) is 15.3. The molecule has 0 radical (unpaired) electrons. The minimum atomic E-state index is 0.0569. The van der Waals surface area contributed by atoms with Gasteiger partial charge in [0.25, 0.3) is 0 Å². The van der Waals surface area contributed by atoms with Crippen molar-refractivity contribution in [3.8, 4) is 11.1 Å². The Bertz CT molecular complexity index is 3190. The second-order valence-corrected chi connectivity index (χ2v) is 14.9. The molecule has 0 aliphatic heterocycles. The van der Waals surface area contributed by atoms with Crippen molar-refractivity contribution in [2.75, 3.05) is 0 Å². The van der Waals surface area contributed by atoms with E-state index in [0.29, 0.717) is 0 Å². The van der Waals surface area contributed by atoms with E-state index in [1.807, 2.05) is 42.5 Å². The molecule has 1 unspecified atom stereocenters. The highest BCUT2D eigenvalue weighted by Crippen LogP contribution is 2.36. The Morgan fingerprint density at radius 2 is 1.39 bits per heavy atom. The summed E-state index contributed by atoms with van der Waals surface area (Å²) in [7, 11) is 0. The van der Waals surface area contributed by atoms with Gasteiger partial charge in [-0.2, -0.15) is 0 Å². The number of benzene rings is 7. The zero-order valence-electron chi connectivity index (χ0n) is 32.5. The first kappa shape index (κ1) is 35.8. The van der Waals surface area contributed by atoms with E-state index in [1.54, 1.807) is 0 Å². The van der Waals surface area contributed by atoms with E-state index in [0.717, 1.165) is 61.7 Å². The van der Waals surface area contributed by atoms with E-state index in [-0.39, 0.29) is 6.04 Å². The topological polar surface area (TPSA) is 29.5 Å². The summed E-state index contributed by atoms with van der Waals surface area (Å²) >= 11 is 0. The van der Waals surface area contributed by atoms with Gasteiger partial charge in [-0.25, -0.2) is 0 Å². The van der Waals surface area contributed by atoms with Gasteiger partial charge < -0.3 is 13.7 Å². The molecule has 0 saturated carbocycles. The minimum Gasteiger partial charge on any atom is -0.457 e. The SMILES string of the molecule is C=C/C=C\C(=C\c1ccc2oc3c4ccccc4ccc3c2c1)N(/C=C/C=C\c1cc2ccccc2o1)C1C=CC(c2cccc(-c3cccc4ccccc34)c2)=CC1.